The first-order valence-corrected chi connectivity index (χ1v) is 7.35. The largest absolute Gasteiger partial charge is 0.465 e. The quantitative estimate of drug-likeness (QED) is 0.518. The molecule has 1 aliphatic carbocycles. The number of hydrogen-bond acceptors (Lipinski definition) is 4. The number of ether oxygens (including phenoxy) is 1. The second-order valence-electron chi connectivity index (χ2n) is 4.98. The third-order valence-corrected chi connectivity index (χ3v) is 3.50. The lowest BCUT2D eigenvalue weighted by atomic mass is 9.98. The minimum atomic E-state index is -0.186. The Morgan fingerprint density at radius 3 is 2.85 bits per heavy atom. The van der Waals surface area contributed by atoms with E-state index in [4.69, 9.17) is 4.74 Å². The van der Waals surface area contributed by atoms with Crippen LogP contribution in [0.4, 0.5) is 5.69 Å². The van der Waals surface area contributed by atoms with E-state index in [0.29, 0.717) is 6.61 Å². The zero-order chi connectivity index (χ0) is 14.2. The Balaban J connectivity index is 2.09. The fraction of sp³-hybridized carbons (Fsp3) is 0.500. The first kappa shape index (κ1) is 14.6. The zero-order valence-electron chi connectivity index (χ0n) is 12.0. The van der Waals surface area contributed by atoms with E-state index in [9.17, 15) is 4.79 Å². The summed E-state index contributed by atoms with van der Waals surface area (Å²) in [6, 6.07) is 9.79. The molecule has 0 saturated heterocycles. The Kier molecular flexibility index (Phi) is 5.59. The number of anilines is 1. The van der Waals surface area contributed by atoms with Crippen LogP contribution in [0.15, 0.2) is 35.4 Å². The molecule has 20 heavy (non-hydrogen) atoms. The maximum absolute atomic E-state index is 12.0. The number of hydrazone groups is 1. The molecule has 0 amide bonds. The molecule has 0 bridgehead atoms. The van der Waals surface area contributed by atoms with Crippen LogP contribution in [-0.2, 0) is 9.53 Å². The molecule has 0 spiro atoms. The van der Waals surface area contributed by atoms with Gasteiger partial charge in [0, 0.05) is 0 Å². The molecule has 0 radical (unpaired) electrons. The molecule has 0 aromatic heterocycles. The van der Waals surface area contributed by atoms with Crippen molar-refractivity contribution in [2.75, 3.05) is 12.0 Å². The maximum Gasteiger partial charge on any atom is 0.314 e. The number of nitrogens with one attached hydrogen (secondary N) is 1. The van der Waals surface area contributed by atoms with E-state index in [2.05, 4.69) is 10.5 Å². The van der Waals surface area contributed by atoms with Crippen LogP contribution in [0, 0.1) is 5.92 Å². The van der Waals surface area contributed by atoms with E-state index >= 15 is 0 Å². The van der Waals surface area contributed by atoms with Crippen molar-refractivity contribution in [3.63, 3.8) is 0 Å². The number of carbonyl (C=O) groups is 1. The van der Waals surface area contributed by atoms with Crippen molar-refractivity contribution < 1.29 is 9.53 Å². The molecule has 4 heteroatoms. The fourth-order valence-corrected chi connectivity index (χ4v) is 2.45. The lowest BCUT2D eigenvalue weighted by molar-refractivity contribution is -0.145. The Hall–Kier alpha value is -1.84. The molecular formula is C16H22N2O2. The Bertz CT molecular complexity index is 457. The first-order valence-electron chi connectivity index (χ1n) is 7.35. The highest BCUT2D eigenvalue weighted by Crippen LogP contribution is 2.22. The molecule has 0 aliphatic heterocycles. The Labute approximate surface area is 120 Å². The SMILES string of the molecule is CCOC(=O)[C@@H]1CCCCC/C1=N\Nc1ccccc1. The van der Waals surface area contributed by atoms with Crippen molar-refractivity contribution in [1.29, 1.82) is 0 Å². The second-order valence-corrected chi connectivity index (χ2v) is 4.98. The Morgan fingerprint density at radius 1 is 1.30 bits per heavy atom. The molecule has 0 heterocycles. The summed E-state index contributed by atoms with van der Waals surface area (Å²) in [6.07, 6.45) is 5.01. The number of hydrogen-bond donors (Lipinski definition) is 1. The molecule has 2 rings (SSSR count). The summed E-state index contributed by atoms with van der Waals surface area (Å²) in [4.78, 5) is 12.0. The van der Waals surface area contributed by atoms with E-state index in [1.54, 1.807) is 0 Å². The lowest BCUT2D eigenvalue weighted by Gasteiger charge is -2.15. The van der Waals surface area contributed by atoms with Gasteiger partial charge in [0.05, 0.1) is 23.9 Å². The zero-order valence-corrected chi connectivity index (χ0v) is 12.0. The van der Waals surface area contributed by atoms with Crippen molar-refractivity contribution in [3.05, 3.63) is 30.3 Å². The van der Waals surface area contributed by atoms with E-state index in [-0.39, 0.29) is 11.9 Å². The van der Waals surface area contributed by atoms with E-state index in [0.717, 1.165) is 43.5 Å². The smallest absolute Gasteiger partial charge is 0.314 e. The average Bonchev–Trinajstić information content (AvgIpc) is 2.72. The summed E-state index contributed by atoms with van der Waals surface area (Å²) in [5.41, 5.74) is 4.91. The highest BCUT2D eigenvalue weighted by atomic mass is 16.5. The van der Waals surface area contributed by atoms with Gasteiger partial charge >= 0.3 is 5.97 Å². The summed E-state index contributed by atoms with van der Waals surface area (Å²) in [6.45, 7) is 2.27. The van der Waals surface area contributed by atoms with Crippen LogP contribution in [0.1, 0.15) is 39.0 Å². The van der Waals surface area contributed by atoms with Gasteiger partial charge in [0.1, 0.15) is 0 Å². The number of benzene rings is 1. The molecule has 1 saturated carbocycles. The second kappa shape index (κ2) is 7.68. The maximum atomic E-state index is 12.0. The number of rotatable bonds is 4. The van der Waals surface area contributed by atoms with Crippen molar-refractivity contribution in [1.82, 2.24) is 0 Å². The molecule has 1 aromatic rings. The van der Waals surface area contributed by atoms with Gasteiger partial charge in [-0.15, -0.1) is 0 Å². The molecular weight excluding hydrogens is 252 g/mol. The average molecular weight is 274 g/mol. The van der Waals surface area contributed by atoms with Gasteiger partial charge in [0.2, 0.25) is 0 Å². The molecule has 0 unspecified atom stereocenters. The van der Waals surface area contributed by atoms with Crippen LogP contribution in [0.5, 0.6) is 0 Å². The molecule has 1 aliphatic rings. The predicted molar refractivity (Wildman–Crippen MR) is 80.7 cm³/mol. The standard InChI is InChI=1S/C16H22N2O2/c1-2-20-16(19)14-11-7-4-8-12-15(14)18-17-13-9-5-3-6-10-13/h3,5-6,9-10,14,17H,2,4,7-8,11-12H2,1H3/b18-15+/t14-/m1/s1. The van der Waals surface area contributed by atoms with Gasteiger partial charge in [0.15, 0.2) is 0 Å². The summed E-state index contributed by atoms with van der Waals surface area (Å²) in [5.74, 6) is -0.323. The minimum absolute atomic E-state index is 0.136. The third kappa shape index (κ3) is 4.08. The van der Waals surface area contributed by atoms with Crippen molar-refractivity contribution in [3.8, 4) is 0 Å². The number of nitrogens with zero attached hydrogens (tertiary/aromatic N) is 1. The van der Waals surface area contributed by atoms with Crippen LogP contribution < -0.4 is 5.43 Å². The predicted octanol–water partition coefficient (Wildman–Crippen LogP) is 3.60. The summed E-state index contributed by atoms with van der Waals surface area (Å²) in [5, 5.41) is 4.46. The van der Waals surface area contributed by atoms with Gasteiger partial charge in [-0.05, 0) is 38.3 Å². The molecule has 4 nitrogen and oxygen atoms in total. The minimum Gasteiger partial charge on any atom is -0.465 e. The van der Waals surface area contributed by atoms with E-state index in [1.165, 1.54) is 0 Å². The number of esters is 1. The molecule has 108 valence electrons. The van der Waals surface area contributed by atoms with Gasteiger partial charge in [0.25, 0.3) is 0 Å². The topological polar surface area (TPSA) is 50.7 Å². The van der Waals surface area contributed by atoms with Gasteiger partial charge in [-0.25, -0.2) is 0 Å². The third-order valence-electron chi connectivity index (χ3n) is 3.50. The van der Waals surface area contributed by atoms with Gasteiger partial charge < -0.3 is 4.74 Å². The van der Waals surface area contributed by atoms with Gasteiger partial charge in [-0.2, -0.15) is 5.10 Å². The van der Waals surface area contributed by atoms with Gasteiger partial charge in [-0.1, -0.05) is 31.0 Å². The number of carbonyl (C=O) groups excluding carboxylic acids is 1. The van der Waals surface area contributed by atoms with E-state index in [1.807, 2.05) is 37.3 Å². The lowest BCUT2D eigenvalue weighted by Crippen LogP contribution is -2.26. The van der Waals surface area contributed by atoms with Crippen molar-refractivity contribution in [2.45, 2.75) is 39.0 Å². The molecule has 1 aromatic carbocycles. The van der Waals surface area contributed by atoms with Crippen LogP contribution in [0.3, 0.4) is 0 Å². The number of para-hydroxylation sites is 1. The van der Waals surface area contributed by atoms with Crippen molar-refractivity contribution in [2.24, 2.45) is 11.0 Å². The van der Waals surface area contributed by atoms with Crippen LogP contribution >= 0.6 is 0 Å². The van der Waals surface area contributed by atoms with Crippen molar-refractivity contribution >= 4 is 17.4 Å². The normalized spacial score (nSPS) is 21.2. The molecule has 1 atom stereocenters. The molecule has 1 fully saturated rings. The summed E-state index contributed by atoms with van der Waals surface area (Å²) >= 11 is 0. The highest BCUT2D eigenvalue weighted by Gasteiger charge is 2.27. The monoisotopic (exact) mass is 274 g/mol. The van der Waals surface area contributed by atoms with Gasteiger partial charge in [-0.3, -0.25) is 10.2 Å². The fourth-order valence-electron chi connectivity index (χ4n) is 2.45. The van der Waals surface area contributed by atoms with Crippen LogP contribution in [-0.4, -0.2) is 18.3 Å². The molecule has 1 N–H and O–H groups in total. The first-order chi connectivity index (χ1) is 9.81. The summed E-state index contributed by atoms with van der Waals surface area (Å²) < 4.78 is 5.17. The summed E-state index contributed by atoms with van der Waals surface area (Å²) in [7, 11) is 0. The highest BCUT2D eigenvalue weighted by molar-refractivity contribution is 6.02. The van der Waals surface area contributed by atoms with E-state index < -0.39 is 0 Å². The van der Waals surface area contributed by atoms with Crippen LogP contribution in [0.2, 0.25) is 0 Å². The van der Waals surface area contributed by atoms with Crippen LogP contribution in [0.25, 0.3) is 0 Å². The Morgan fingerprint density at radius 2 is 2.10 bits per heavy atom.